The predicted molar refractivity (Wildman–Crippen MR) is 125 cm³/mol. The number of ether oxygens (including phenoxy) is 1. The zero-order valence-electron chi connectivity index (χ0n) is 17.7. The zero-order chi connectivity index (χ0) is 22.1. The molecule has 0 unspecified atom stereocenters. The molecule has 0 radical (unpaired) electrons. The second-order valence-electron chi connectivity index (χ2n) is 7.66. The van der Waals surface area contributed by atoms with E-state index in [0.717, 1.165) is 12.1 Å². The number of anilines is 1. The maximum absolute atomic E-state index is 13.4. The molecule has 0 aliphatic carbocycles. The van der Waals surface area contributed by atoms with Crippen molar-refractivity contribution in [3.63, 3.8) is 0 Å². The van der Waals surface area contributed by atoms with Crippen molar-refractivity contribution in [3.8, 4) is 0 Å². The maximum atomic E-state index is 13.4. The highest BCUT2D eigenvalue weighted by molar-refractivity contribution is 8.00. The first-order valence-electron chi connectivity index (χ1n) is 10.2. The smallest absolute Gasteiger partial charge is 0.262 e. The number of halogens is 1. The number of thioether (sulfide) groups is 1. The number of fused-ring (bicyclic) bond motifs is 2. The van der Waals surface area contributed by atoms with E-state index in [2.05, 4.69) is 18.0 Å². The van der Waals surface area contributed by atoms with E-state index in [1.165, 1.54) is 17.3 Å². The quantitative estimate of drug-likeness (QED) is 0.411. The van der Waals surface area contributed by atoms with Gasteiger partial charge in [-0.25, -0.2) is 4.98 Å². The molecule has 1 aliphatic heterocycles. The molecular weight excluding hydrogens is 434 g/mol. The summed E-state index contributed by atoms with van der Waals surface area (Å²) in [5, 5.41) is 1.06. The van der Waals surface area contributed by atoms with Crippen LogP contribution in [0.1, 0.15) is 19.4 Å². The van der Waals surface area contributed by atoms with Crippen LogP contribution in [-0.2, 0) is 22.5 Å². The van der Waals surface area contributed by atoms with Gasteiger partial charge in [-0.15, -0.1) is 0 Å². The molecular formula is C23H24ClN3O3S. The highest BCUT2D eigenvalue weighted by atomic mass is 35.5. The molecule has 0 N–H and O–H groups in total. The first-order chi connectivity index (χ1) is 14.9. The molecule has 0 bridgehead atoms. The summed E-state index contributed by atoms with van der Waals surface area (Å²) in [6.07, 6.45) is 0.838. The Balaban J connectivity index is 1.68. The molecule has 1 amide bonds. The van der Waals surface area contributed by atoms with Crippen molar-refractivity contribution in [2.24, 2.45) is 0 Å². The molecule has 0 fully saturated rings. The summed E-state index contributed by atoms with van der Waals surface area (Å²) >= 11 is 7.41. The molecule has 0 saturated heterocycles. The third kappa shape index (κ3) is 4.22. The molecule has 0 spiro atoms. The number of nitrogens with zero attached hydrogens (tertiary/aromatic N) is 3. The highest BCUT2D eigenvalue weighted by Crippen LogP contribution is 2.34. The fourth-order valence-electron chi connectivity index (χ4n) is 3.95. The Kier molecular flexibility index (Phi) is 6.36. The number of carbonyl (C=O) groups excluding carboxylic acids is 1. The van der Waals surface area contributed by atoms with Crippen molar-refractivity contribution >= 4 is 45.9 Å². The highest BCUT2D eigenvalue weighted by Gasteiger charge is 2.34. The van der Waals surface area contributed by atoms with Gasteiger partial charge in [0.2, 0.25) is 5.91 Å². The minimum atomic E-state index is -0.425. The molecule has 8 heteroatoms. The van der Waals surface area contributed by atoms with Gasteiger partial charge in [0.1, 0.15) is 0 Å². The second kappa shape index (κ2) is 9.02. The molecule has 4 rings (SSSR count). The summed E-state index contributed by atoms with van der Waals surface area (Å²) in [6.45, 7) is 4.63. The van der Waals surface area contributed by atoms with Gasteiger partial charge in [-0.2, -0.15) is 0 Å². The molecule has 2 aromatic carbocycles. The van der Waals surface area contributed by atoms with E-state index in [9.17, 15) is 9.59 Å². The average Bonchev–Trinajstić information content (AvgIpc) is 3.08. The van der Waals surface area contributed by atoms with Crippen LogP contribution in [0.2, 0.25) is 5.02 Å². The van der Waals surface area contributed by atoms with Crippen molar-refractivity contribution in [3.05, 3.63) is 63.4 Å². The van der Waals surface area contributed by atoms with Crippen LogP contribution in [0.4, 0.5) is 5.69 Å². The normalized spacial score (nSPS) is 16.5. The lowest BCUT2D eigenvalue weighted by atomic mass is 10.1. The zero-order valence-corrected chi connectivity index (χ0v) is 19.2. The second-order valence-corrected chi connectivity index (χ2v) is 9.40. The average molecular weight is 458 g/mol. The molecule has 3 aromatic rings. The van der Waals surface area contributed by atoms with Crippen LogP contribution in [0, 0.1) is 0 Å². The maximum Gasteiger partial charge on any atom is 0.262 e. The van der Waals surface area contributed by atoms with Crippen LogP contribution in [-0.4, -0.2) is 40.5 Å². The van der Waals surface area contributed by atoms with Crippen LogP contribution < -0.4 is 10.5 Å². The van der Waals surface area contributed by atoms with Gasteiger partial charge in [0.15, 0.2) is 5.16 Å². The van der Waals surface area contributed by atoms with Crippen LogP contribution in [0.25, 0.3) is 10.9 Å². The lowest BCUT2D eigenvalue weighted by Gasteiger charge is -2.26. The number of amides is 1. The third-order valence-electron chi connectivity index (χ3n) is 5.48. The van der Waals surface area contributed by atoms with Crippen molar-refractivity contribution < 1.29 is 9.53 Å². The summed E-state index contributed by atoms with van der Waals surface area (Å²) in [6, 6.07) is 13.1. The topological polar surface area (TPSA) is 64.4 Å². The standard InChI is InChI=1S/C23H24ClN3O3S/c1-14-12-16-6-4-5-7-20(16)27(14)21(28)15(2)31-23-25-19-13-17(24)8-9-18(19)22(29)26(23)10-11-30-3/h4-9,13-15H,10-12H2,1-3H3/t14-,15-/m1/s1. The molecule has 1 aromatic heterocycles. The number of aromatic nitrogens is 2. The fourth-order valence-corrected chi connectivity index (χ4v) is 5.10. The van der Waals surface area contributed by atoms with Gasteiger partial charge in [0, 0.05) is 23.9 Å². The minimum absolute atomic E-state index is 0.00109. The Bertz CT molecular complexity index is 1200. The van der Waals surface area contributed by atoms with Crippen LogP contribution in [0.15, 0.2) is 52.4 Å². The molecule has 162 valence electrons. The number of benzene rings is 2. The SMILES string of the molecule is COCCn1c(S[C@H](C)C(=O)N2c3ccccc3C[C@H]2C)nc2cc(Cl)ccc2c1=O. The summed E-state index contributed by atoms with van der Waals surface area (Å²) < 4.78 is 6.76. The minimum Gasteiger partial charge on any atom is -0.383 e. The molecule has 2 atom stereocenters. The third-order valence-corrected chi connectivity index (χ3v) is 6.79. The van der Waals surface area contributed by atoms with E-state index in [1.807, 2.05) is 30.0 Å². The lowest BCUT2D eigenvalue weighted by Crippen LogP contribution is -2.40. The summed E-state index contributed by atoms with van der Waals surface area (Å²) in [5.41, 5.74) is 2.49. The first-order valence-corrected chi connectivity index (χ1v) is 11.4. The number of hydrogen-bond acceptors (Lipinski definition) is 5. The Morgan fingerprint density at radius 1 is 1.32 bits per heavy atom. The van der Waals surface area contributed by atoms with E-state index in [4.69, 9.17) is 16.3 Å². The van der Waals surface area contributed by atoms with Crippen LogP contribution in [0.3, 0.4) is 0 Å². The summed E-state index contributed by atoms with van der Waals surface area (Å²) in [4.78, 5) is 33.0. The fraction of sp³-hybridized carbons (Fsp3) is 0.348. The van der Waals surface area contributed by atoms with Gasteiger partial charge in [0.25, 0.3) is 5.56 Å². The van der Waals surface area contributed by atoms with Crippen molar-refractivity contribution in [2.45, 2.75) is 43.3 Å². The van der Waals surface area contributed by atoms with Gasteiger partial charge in [-0.05, 0) is 50.1 Å². The van der Waals surface area contributed by atoms with Crippen molar-refractivity contribution in [1.82, 2.24) is 9.55 Å². The Morgan fingerprint density at radius 3 is 2.87 bits per heavy atom. The van der Waals surface area contributed by atoms with E-state index in [-0.39, 0.29) is 17.5 Å². The number of hydrogen-bond donors (Lipinski definition) is 0. The molecule has 2 heterocycles. The van der Waals surface area contributed by atoms with Gasteiger partial charge in [-0.1, -0.05) is 41.6 Å². The van der Waals surface area contributed by atoms with Crippen LogP contribution in [0.5, 0.6) is 0 Å². The Hall–Kier alpha value is -2.35. The number of rotatable bonds is 6. The lowest BCUT2D eigenvalue weighted by molar-refractivity contribution is -0.118. The van der Waals surface area contributed by atoms with Crippen molar-refractivity contribution in [1.29, 1.82) is 0 Å². The first kappa shape index (κ1) is 21.9. The Labute approximate surface area is 190 Å². The van der Waals surface area contributed by atoms with E-state index >= 15 is 0 Å². The number of carbonyl (C=O) groups is 1. The summed E-state index contributed by atoms with van der Waals surface area (Å²) in [5.74, 6) is 0.00109. The molecule has 1 aliphatic rings. The molecule has 6 nitrogen and oxygen atoms in total. The van der Waals surface area contributed by atoms with Gasteiger partial charge < -0.3 is 9.64 Å². The summed E-state index contributed by atoms with van der Waals surface area (Å²) in [7, 11) is 1.59. The van der Waals surface area contributed by atoms with Crippen molar-refractivity contribution in [2.75, 3.05) is 18.6 Å². The van der Waals surface area contributed by atoms with E-state index in [0.29, 0.717) is 34.2 Å². The Morgan fingerprint density at radius 2 is 2.10 bits per heavy atom. The number of methoxy groups -OCH3 is 1. The monoisotopic (exact) mass is 457 g/mol. The number of para-hydroxylation sites is 1. The van der Waals surface area contributed by atoms with E-state index < -0.39 is 5.25 Å². The largest absolute Gasteiger partial charge is 0.383 e. The van der Waals surface area contributed by atoms with Gasteiger partial charge in [0.05, 0.1) is 29.3 Å². The van der Waals surface area contributed by atoms with Gasteiger partial charge >= 0.3 is 0 Å². The molecule has 31 heavy (non-hydrogen) atoms. The van der Waals surface area contributed by atoms with Crippen LogP contribution >= 0.6 is 23.4 Å². The molecule has 0 saturated carbocycles. The van der Waals surface area contributed by atoms with E-state index in [1.54, 1.807) is 29.9 Å². The van der Waals surface area contributed by atoms with Gasteiger partial charge in [-0.3, -0.25) is 14.2 Å². The predicted octanol–water partition coefficient (Wildman–Crippen LogP) is 4.15.